The molecule has 5 saturated heterocycles. The van der Waals surface area contributed by atoms with Crippen molar-refractivity contribution in [2.75, 3.05) is 85.5 Å². The van der Waals surface area contributed by atoms with Gasteiger partial charge in [-0.25, -0.2) is 13.2 Å². The fourth-order valence-electron chi connectivity index (χ4n) is 5.69. The number of rotatable bonds is 9. The molecule has 46 heavy (non-hydrogen) atoms. The first-order valence-electron chi connectivity index (χ1n) is 14.6. The molecular formula is C26H43F12N3O5. The summed E-state index contributed by atoms with van der Waals surface area (Å²) in [7, 11) is 0. The molecule has 6 atom stereocenters. The van der Waals surface area contributed by atoms with Crippen LogP contribution < -0.4 is 0 Å². The van der Waals surface area contributed by atoms with Gasteiger partial charge in [-0.05, 0) is 25.7 Å². The maximum Gasteiger partial charge on any atom is 0.317 e. The smallest absolute Gasteiger partial charge is 0.317 e. The third-order valence-corrected chi connectivity index (χ3v) is 8.29. The predicted molar refractivity (Wildman–Crippen MR) is 141 cm³/mol. The minimum absolute atomic E-state index is 0. The van der Waals surface area contributed by atoms with Gasteiger partial charge >= 0.3 is 17.8 Å². The van der Waals surface area contributed by atoms with Crippen LogP contribution in [0.4, 0.5) is 53.6 Å². The normalized spacial score (nSPS) is 29.3. The number of nitrogens with zero attached hydrogens (tertiary/aromatic N) is 3. The Bertz CT molecular complexity index is 807. The van der Waals surface area contributed by atoms with Gasteiger partial charge < -0.3 is 23.7 Å². The predicted octanol–water partition coefficient (Wildman–Crippen LogP) is 3.95. The first-order chi connectivity index (χ1) is 20.4. The highest BCUT2D eigenvalue weighted by atomic mass is 19.3. The van der Waals surface area contributed by atoms with Crippen LogP contribution in [0.2, 0.25) is 0 Å². The lowest BCUT2D eigenvalue weighted by Crippen LogP contribution is -2.56. The average Bonchev–Trinajstić information content (AvgIpc) is 3.76. The highest BCUT2D eigenvalue weighted by molar-refractivity contribution is 4.97. The Kier molecular flexibility index (Phi) is 17.3. The van der Waals surface area contributed by atoms with Crippen molar-refractivity contribution in [2.24, 2.45) is 0 Å². The van der Waals surface area contributed by atoms with Crippen molar-refractivity contribution in [2.45, 2.75) is 80.6 Å². The molecule has 5 fully saturated rings. The van der Waals surface area contributed by atoms with Crippen LogP contribution in [-0.2, 0) is 23.7 Å². The topological polar surface area (TPSA) is 55.9 Å². The van der Waals surface area contributed by atoms with Crippen molar-refractivity contribution in [3.63, 3.8) is 0 Å². The minimum Gasteiger partial charge on any atom is -0.379 e. The van der Waals surface area contributed by atoms with Crippen LogP contribution in [0.15, 0.2) is 0 Å². The van der Waals surface area contributed by atoms with Crippen LogP contribution in [0.3, 0.4) is 0 Å². The van der Waals surface area contributed by atoms with Crippen LogP contribution in [0.25, 0.3) is 0 Å². The Hall–Kier alpha value is -1.16. The monoisotopic (exact) mass is 705 g/mol. The SMILES string of the molecule is F.F.F.FC(N1CCOCC1)C(F)(F)C1CCC(C(F)(F)C(F)N2CCOCC2)O1.FC(N1CCOCC1)C(F)(F)C1CCCO1. The molecule has 276 valence electrons. The quantitative estimate of drug-likeness (QED) is 0.265. The Balaban J connectivity index is 0.000000481. The van der Waals surface area contributed by atoms with Gasteiger partial charge in [-0.15, -0.1) is 0 Å². The van der Waals surface area contributed by atoms with Crippen LogP contribution in [0.1, 0.15) is 25.7 Å². The van der Waals surface area contributed by atoms with Gasteiger partial charge in [0.25, 0.3) is 0 Å². The first-order valence-corrected chi connectivity index (χ1v) is 14.6. The van der Waals surface area contributed by atoms with Crippen molar-refractivity contribution < 1.29 is 77.3 Å². The van der Waals surface area contributed by atoms with Crippen LogP contribution in [0, 0.1) is 0 Å². The first kappa shape index (κ1) is 42.9. The van der Waals surface area contributed by atoms with E-state index in [2.05, 4.69) is 0 Å². The van der Waals surface area contributed by atoms with Crippen molar-refractivity contribution in [1.82, 2.24) is 14.7 Å². The Labute approximate surface area is 258 Å². The Morgan fingerprint density at radius 3 is 1.04 bits per heavy atom. The fraction of sp³-hybridized carbons (Fsp3) is 1.00. The van der Waals surface area contributed by atoms with Crippen LogP contribution >= 0.6 is 0 Å². The van der Waals surface area contributed by atoms with E-state index in [0.29, 0.717) is 26.2 Å². The van der Waals surface area contributed by atoms with E-state index in [1.807, 2.05) is 0 Å². The molecule has 0 spiro atoms. The maximum atomic E-state index is 14.5. The van der Waals surface area contributed by atoms with E-state index in [1.54, 1.807) is 0 Å². The second kappa shape index (κ2) is 18.6. The van der Waals surface area contributed by atoms with Crippen molar-refractivity contribution in [3.8, 4) is 0 Å². The molecule has 0 aliphatic carbocycles. The maximum absolute atomic E-state index is 14.5. The molecule has 0 saturated carbocycles. The van der Waals surface area contributed by atoms with Gasteiger partial charge in [0, 0.05) is 45.9 Å². The van der Waals surface area contributed by atoms with Crippen molar-refractivity contribution >= 4 is 0 Å². The summed E-state index contributed by atoms with van der Waals surface area (Å²) >= 11 is 0. The van der Waals surface area contributed by atoms with E-state index in [9.17, 15) is 39.5 Å². The summed E-state index contributed by atoms with van der Waals surface area (Å²) in [6.07, 6.45) is -13.0. The molecule has 5 heterocycles. The molecule has 5 aliphatic heterocycles. The molecule has 5 aliphatic rings. The summed E-state index contributed by atoms with van der Waals surface area (Å²) in [6, 6.07) is 0. The van der Waals surface area contributed by atoms with E-state index < -0.39 is 67.8 Å². The van der Waals surface area contributed by atoms with Gasteiger partial charge in [0.2, 0.25) is 18.9 Å². The van der Waals surface area contributed by atoms with E-state index in [4.69, 9.17) is 23.7 Å². The molecule has 0 N–H and O–H groups in total. The molecule has 0 aromatic heterocycles. The number of alkyl halides is 9. The lowest BCUT2D eigenvalue weighted by Gasteiger charge is -2.37. The van der Waals surface area contributed by atoms with Gasteiger partial charge in [-0.1, -0.05) is 0 Å². The number of hydrogen-bond acceptors (Lipinski definition) is 8. The van der Waals surface area contributed by atoms with Crippen molar-refractivity contribution in [1.29, 1.82) is 0 Å². The van der Waals surface area contributed by atoms with Gasteiger partial charge in [-0.3, -0.25) is 28.8 Å². The number of hydrogen-bond donors (Lipinski definition) is 0. The Morgan fingerprint density at radius 2 is 0.761 bits per heavy atom. The summed E-state index contributed by atoms with van der Waals surface area (Å²) in [5.41, 5.74) is 0. The molecule has 0 aromatic rings. The standard InChI is InChI=1S/C16H24F6N2O3.C10H16F3NO2.3FH/c17-13(23-3-7-25-8-4-23)15(19,20)11-1-2-12(27-11)16(21,22)14(18)24-5-9-26-10-6-24;11-9(14-3-6-15-7-4-14)10(12,13)8-2-1-5-16-8;;;/h11-14H,1-10H2;8-9H,1-7H2;3*1H. The number of ether oxygens (including phenoxy) is 5. The highest BCUT2D eigenvalue weighted by Gasteiger charge is 2.60. The molecule has 8 nitrogen and oxygen atoms in total. The average molecular weight is 706 g/mol. The summed E-state index contributed by atoms with van der Waals surface area (Å²) < 4.78 is 153. The molecular weight excluding hydrogens is 662 g/mol. The van der Waals surface area contributed by atoms with Gasteiger partial charge in [0.15, 0.2) is 0 Å². The zero-order valence-electron chi connectivity index (χ0n) is 25.0. The van der Waals surface area contributed by atoms with E-state index in [0.717, 1.165) is 14.7 Å². The summed E-state index contributed by atoms with van der Waals surface area (Å²) in [5, 5.41) is 0. The van der Waals surface area contributed by atoms with Gasteiger partial charge in [0.1, 0.15) is 18.3 Å². The third-order valence-electron chi connectivity index (χ3n) is 8.29. The van der Waals surface area contributed by atoms with Gasteiger partial charge in [0.05, 0.1) is 39.6 Å². The third kappa shape index (κ3) is 9.94. The molecule has 0 bridgehead atoms. The lowest BCUT2D eigenvalue weighted by molar-refractivity contribution is -0.251. The minimum atomic E-state index is -3.98. The molecule has 0 amide bonds. The summed E-state index contributed by atoms with van der Waals surface area (Å²) in [6.45, 7) is 1.72. The molecule has 5 rings (SSSR count). The second-order valence-electron chi connectivity index (χ2n) is 11.2. The number of halogens is 12. The van der Waals surface area contributed by atoms with Crippen LogP contribution in [-0.4, -0.2) is 155 Å². The molecule has 6 unspecified atom stereocenters. The summed E-state index contributed by atoms with van der Waals surface area (Å²) in [4.78, 5) is 2.94. The summed E-state index contributed by atoms with van der Waals surface area (Å²) in [5.74, 6) is -11.4. The largest absolute Gasteiger partial charge is 0.379 e. The lowest BCUT2D eigenvalue weighted by atomic mass is 10.0. The van der Waals surface area contributed by atoms with E-state index in [-0.39, 0.29) is 86.2 Å². The highest BCUT2D eigenvalue weighted by Crippen LogP contribution is 2.43. The molecule has 0 radical (unpaired) electrons. The van der Waals surface area contributed by atoms with Crippen molar-refractivity contribution in [3.05, 3.63) is 0 Å². The fourth-order valence-corrected chi connectivity index (χ4v) is 5.69. The molecule has 0 aromatic carbocycles. The van der Waals surface area contributed by atoms with E-state index >= 15 is 0 Å². The second-order valence-corrected chi connectivity index (χ2v) is 11.2. The zero-order chi connectivity index (χ0) is 31.3. The van der Waals surface area contributed by atoms with Crippen LogP contribution in [0.5, 0.6) is 0 Å². The zero-order valence-corrected chi connectivity index (χ0v) is 25.0. The Morgan fingerprint density at radius 1 is 0.457 bits per heavy atom. The molecule has 20 heteroatoms. The van der Waals surface area contributed by atoms with Gasteiger partial charge in [-0.2, -0.15) is 26.3 Å². The van der Waals surface area contributed by atoms with E-state index in [1.165, 1.54) is 0 Å². The number of morpholine rings is 3.